The van der Waals surface area contributed by atoms with Crippen molar-refractivity contribution in [3.8, 4) is 0 Å². The second kappa shape index (κ2) is 7.35. The molecular formula is C13H21BrN2O2S2. The van der Waals surface area contributed by atoms with Gasteiger partial charge in [-0.05, 0) is 52.2 Å². The molecule has 2 heterocycles. The molecule has 0 amide bonds. The molecule has 1 fully saturated rings. The van der Waals surface area contributed by atoms with Gasteiger partial charge in [0.05, 0.1) is 9.54 Å². The molecule has 1 aromatic heterocycles. The van der Waals surface area contributed by atoms with Gasteiger partial charge in [0, 0.05) is 25.7 Å². The van der Waals surface area contributed by atoms with Gasteiger partial charge in [-0.15, -0.1) is 11.3 Å². The Balaban J connectivity index is 1.77. The lowest BCUT2D eigenvalue weighted by molar-refractivity contribution is 0.288. The van der Waals surface area contributed by atoms with Crippen molar-refractivity contribution in [3.63, 3.8) is 0 Å². The van der Waals surface area contributed by atoms with Crippen molar-refractivity contribution in [1.82, 2.24) is 9.62 Å². The maximum Gasteiger partial charge on any atom is 0.214 e. The second-order valence-corrected chi connectivity index (χ2v) is 9.51. The average molecular weight is 381 g/mol. The number of thiophene rings is 1. The molecule has 0 spiro atoms. The number of sulfonamides is 1. The molecule has 2 rings (SSSR count). The molecule has 4 nitrogen and oxygen atoms in total. The van der Waals surface area contributed by atoms with Crippen molar-refractivity contribution < 1.29 is 8.42 Å². The molecule has 114 valence electrons. The first-order valence-corrected chi connectivity index (χ1v) is 10.2. The van der Waals surface area contributed by atoms with Gasteiger partial charge in [-0.3, -0.25) is 0 Å². The minimum atomic E-state index is -3.02. The lowest BCUT2D eigenvalue weighted by Gasteiger charge is -2.31. The Morgan fingerprint density at radius 3 is 2.70 bits per heavy atom. The van der Waals surface area contributed by atoms with E-state index in [-0.39, 0.29) is 5.75 Å². The molecule has 0 bridgehead atoms. The van der Waals surface area contributed by atoms with Crippen LogP contribution in [0.4, 0.5) is 0 Å². The fourth-order valence-electron chi connectivity index (χ4n) is 2.43. The minimum Gasteiger partial charge on any atom is -0.310 e. The highest BCUT2D eigenvalue weighted by Gasteiger charge is 2.26. The van der Waals surface area contributed by atoms with Crippen LogP contribution in [-0.4, -0.2) is 37.6 Å². The van der Waals surface area contributed by atoms with Crippen molar-refractivity contribution in [3.05, 3.63) is 20.8 Å². The molecule has 1 aromatic rings. The lowest BCUT2D eigenvalue weighted by atomic mass is 10.1. The lowest BCUT2D eigenvalue weighted by Crippen LogP contribution is -2.45. The van der Waals surface area contributed by atoms with Crippen molar-refractivity contribution in [2.24, 2.45) is 0 Å². The highest BCUT2D eigenvalue weighted by Crippen LogP contribution is 2.21. The second-order valence-electron chi connectivity index (χ2n) is 5.13. The van der Waals surface area contributed by atoms with Crippen LogP contribution in [0.2, 0.25) is 0 Å². The van der Waals surface area contributed by atoms with Crippen LogP contribution in [0.1, 0.15) is 31.7 Å². The number of halogens is 1. The predicted molar refractivity (Wildman–Crippen MR) is 87.5 cm³/mol. The van der Waals surface area contributed by atoms with Gasteiger partial charge in [-0.1, -0.05) is 6.92 Å². The maximum atomic E-state index is 12.0. The molecule has 0 aromatic carbocycles. The van der Waals surface area contributed by atoms with Gasteiger partial charge in [0.1, 0.15) is 0 Å². The Morgan fingerprint density at radius 1 is 1.45 bits per heavy atom. The molecule has 0 radical (unpaired) electrons. The van der Waals surface area contributed by atoms with E-state index in [9.17, 15) is 8.42 Å². The molecule has 1 aliphatic rings. The van der Waals surface area contributed by atoms with Crippen molar-refractivity contribution >= 4 is 37.3 Å². The zero-order chi connectivity index (χ0) is 14.6. The van der Waals surface area contributed by atoms with Gasteiger partial charge >= 0.3 is 0 Å². The van der Waals surface area contributed by atoms with E-state index in [1.165, 1.54) is 5.56 Å². The molecule has 0 unspecified atom stereocenters. The van der Waals surface area contributed by atoms with Crippen molar-refractivity contribution in [2.75, 3.05) is 18.8 Å². The van der Waals surface area contributed by atoms with E-state index in [1.807, 2.05) is 6.92 Å². The number of hydrogen-bond acceptors (Lipinski definition) is 4. The van der Waals surface area contributed by atoms with Gasteiger partial charge in [0.2, 0.25) is 10.0 Å². The van der Waals surface area contributed by atoms with Gasteiger partial charge in [-0.25, -0.2) is 12.7 Å². The van der Waals surface area contributed by atoms with Crippen molar-refractivity contribution in [1.29, 1.82) is 0 Å². The summed E-state index contributed by atoms with van der Waals surface area (Å²) in [5.74, 6) is 0.272. The molecule has 1 aliphatic heterocycles. The smallest absolute Gasteiger partial charge is 0.214 e. The molecule has 1 N–H and O–H groups in total. The number of piperidine rings is 1. The van der Waals surface area contributed by atoms with E-state index in [2.05, 4.69) is 32.7 Å². The third-order valence-corrected chi connectivity index (χ3v) is 7.16. The summed E-state index contributed by atoms with van der Waals surface area (Å²) in [6.07, 6.45) is 2.48. The van der Waals surface area contributed by atoms with Crippen LogP contribution in [0.3, 0.4) is 0 Å². The van der Waals surface area contributed by atoms with Crippen LogP contribution < -0.4 is 5.32 Å². The Kier molecular flexibility index (Phi) is 6.04. The molecule has 1 saturated heterocycles. The molecule has 0 aliphatic carbocycles. The highest BCUT2D eigenvalue weighted by atomic mass is 79.9. The standard InChI is InChI=1S/C13H21BrN2O2S2/c1-2-7-20(17,18)16-5-3-12(4-6-16)15-9-11-8-13(14)19-10-11/h8,10,12,15H,2-7,9H2,1H3. The minimum absolute atomic E-state index is 0.272. The summed E-state index contributed by atoms with van der Waals surface area (Å²) in [6, 6.07) is 2.54. The van der Waals surface area contributed by atoms with Crippen LogP contribution in [0.5, 0.6) is 0 Å². The summed E-state index contributed by atoms with van der Waals surface area (Å²) < 4.78 is 26.7. The summed E-state index contributed by atoms with van der Waals surface area (Å²) in [6.45, 7) is 4.06. The Morgan fingerprint density at radius 2 is 2.15 bits per heavy atom. The average Bonchev–Trinajstić information content (AvgIpc) is 2.83. The first-order chi connectivity index (χ1) is 9.51. The summed E-state index contributed by atoms with van der Waals surface area (Å²) in [4.78, 5) is 0. The Bertz CT molecular complexity index is 522. The summed E-state index contributed by atoms with van der Waals surface area (Å²) in [5, 5.41) is 5.66. The first-order valence-electron chi connectivity index (χ1n) is 6.95. The molecule has 0 saturated carbocycles. The van der Waals surface area contributed by atoms with E-state index in [4.69, 9.17) is 0 Å². The summed E-state index contributed by atoms with van der Waals surface area (Å²) in [7, 11) is -3.02. The van der Waals surface area contributed by atoms with E-state index >= 15 is 0 Å². The number of nitrogens with zero attached hydrogens (tertiary/aromatic N) is 1. The van der Waals surface area contributed by atoms with Crippen LogP contribution >= 0.6 is 27.3 Å². The van der Waals surface area contributed by atoms with Crippen molar-refractivity contribution in [2.45, 2.75) is 38.8 Å². The van der Waals surface area contributed by atoms with Gasteiger partial charge in [0.25, 0.3) is 0 Å². The highest BCUT2D eigenvalue weighted by molar-refractivity contribution is 9.11. The molecular weight excluding hydrogens is 360 g/mol. The maximum absolute atomic E-state index is 12.0. The molecule has 0 atom stereocenters. The SMILES string of the molecule is CCCS(=O)(=O)N1CCC(NCc2csc(Br)c2)CC1. The third kappa shape index (κ3) is 4.53. The van der Waals surface area contributed by atoms with Crippen LogP contribution in [-0.2, 0) is 16.6 Å². The number of nitrogens with one attached hydrogen (secondary N) is 1. The third-order valence-electron chi connectivity index (χ3n) is 3.53. The van der Waals surface area contributed by atoms with E-state index in [1.54, 1.807) is 15.6 Å². The van der Waals surface area contributed by atoms with E-state index in [0.717, 1.165) is 23.2 Å². The van der Waals surface area contributed by atoms with Crippen LogP contribution in [0.25, 0.3) is 0 Å². The van der Waals surface area contributed by atoms with E-state index < -0.39 is 10.0 Å². The number of rotatable bonds is 6. The fraction of sp³-hybridized carbons (Fsp3) is 0.692. The number of hydrogen-bond donors (Lipinski definition) is 1. The van der Waals surface area contributed by atoms with Gasteiger partial charge in [-0.2, -0.15) is 0 Å². The Hall–Kier alpha value is 0.0500. The van der Waals surface area contributed by atoms with Gasteiger partial charge < -0.3 is 5.32 Å². The normalized spacial score (nSPS) is 18.5. The fourth-order valence-corrected chi connectivity index (χ4v) is 5.18. The quantitative estimate of drug-likeness (QED) is 0.825. The first kappa shape index (κ1) is 16.4. The Labute approximate surface area is 133 Å². The zero-order valence-electron chi connectivity index (χ0n) is 11.6. The molecule has 20 heavy (non-hydrogen) atoms. The summed E-state index contributed by atoms with van der Waals surface area (Å²) >= 11 is 5.15. The van der Waals surface area contributed by atoms with E-state index in [0.29, 0.717) is 25.6 Å². The zero-order valence-corrected chi connectivity index (χ0v) is 14.9. The topological polar surface area (TPSA) is 49.4 Å². The largest absolute Gasteiger partial charge is 0.310 e. The summed E-state index contributed by atoms with van der Waals surface area (Å²) in [5.41, 5.74) is 1.28. The predicted octanol–water partition coefficient (Wildman–Crippen LogP) is 2.80. The molecule has 7 heteroatoms. The van der Waals surface area contributed by atoms with Crippen LogP contribution in [0, 0.1) is 0 Å². The monoisotopic (exact) mass is 380 g/mol. The van der Waals surface area contributed by atoms with Crippen LogP contribution in [0.15, 0.2) is 15.2 Å². The van der Waals surface area contributed by atoms with Gasteiger partial charge in [0.15, 0.2) is 0 Å².